The minimum Gasteiger partial charge on any atom is -0.505 e. The number of carbonyl (C=O) groups is 5. The fourth-order valence-electron chi connectivity index (χ4n) is 11.7. The lowest BCUT2D eigenvalue weighted by Crippen LogP contribution is -2.66. The van der Waals surface area contributed by atoms with Gasteiger partial charge in [-0.25, -0.2) is 9.82 Å². The van der Waals surface area contributed by atoms with Crippen molar-refractivity contribution in [2.75, 3.05) is 6.54 Å². The number of aliphatic hydroxyl groups excluding tert-OH is 2. The molecule has 3 aliphatic heterocycles. The Balaban J connectivity index is 1.22. The first-order valence-corrected chi connectivity index (χ1v) is 29.2. The van der Waals surface area contributed by atoms with Gasteiger partial charge >= 0.3 is 5.97 Å². The second-order valence-electron chi connectivity index (χ2n) is 24.3. The fourth-order valence-corrected chi connectivity index (χ4v) is 11.7. The summed E-state index contributed by atoms with van der Waals surface area (Å²) >= 11 is 0. The molecule has 3 fully saturated rings. The van der Waals surface area contributed by atoms with Crippen LogP contribution in [0, 0.1) is 59.1 Å². The smallest absolute Gasteiger partial charge is 0.325 e. The Labute approximate surface area is 480 Å². The van der Waals surface area contributed by atoms with Gasteiger partial charge in [0, 0.05) is 36.6 Å². The molecular weight excluding hydrogens is 1030 g/mol. The average molecular weight is 1130 g/mol. The highest BCUT2D eigenvalue weighted by molar-refractivity contribution is 5.98. The van der Waals surface area contributed by atoms with E-state index in [1.807, 2.05) is 39.8 Å². The quantitative estimate of drug-likeness (QED) is 0.0201. The van der Waals surface area contributed by atoms with Crippen LogP contribution in [0.1, 0.15) is 165 Å². The molecule has 17 heteroatoms. The van der Waals surface area contributed by atoms with Crippen molar-refractivity contribution in [3.8, 4) is 18.1 Å². The van der Waals surface area contributed by atoms with Crippen LogP contribution in [0.4, 0.5) is 4.39 Å². The van der Waals surface area contributed by atoms with Crippen molar-refractivity contribution in [2.45, 2.75) is 207 Å². The number of hydrazine groups is 1. The molecule has 0 radical (unpaired) electrons. The van der Waals surface area contributed by atoms with Crippen LogP contribution in [0.25, 0.3) is 0 Å². The minimum atomic E-state index is -1.65. The number of nitrogens with zero attached hydrogens (tertiary/aromatic N) is 1. The van der Waals surface area contributed by atoms with Gasteiger partial charge < -0.3 is 40.7 Å². The van der Waals surface area contributed by atoms with Crippen molar-refractivity contribution < 1.29 is 58.0 Å². The van der Waals surface area contributed by atoms with Crippen LogP contribution in [-0.2, 0) is 33.4 Å². The summed E-state index contributed by atoms with van der Waals surface area (Å²) in [7, 11) is 0. The van der Waals surface area contributed by atoms with E-state index in [-0.39, 0.29) is 49.5 Å². The number of amides is 4. The number of rotatable bonds is 26. The van der Waals surface area contributed by atoms with Gasteiger partial charge in [-0.2, -0.15) is 0 Å². The monoisotopic (exact) mass is 1130 g/mol. The predicted molar refractivity (Wildman–Crippen MR) is 311 cm³/mol. The van der Waals surface area contributed by atoms with Crippen molar-refractivity contribution in [1.29, 1.82) is 0 Å². The number of hydrogen-bond acceptors (Lipinski definition) is 11. The molecule has 1 aromatic carbocycles. The largest absolute Gasteiger partial charge is 0.505 e. The number of aromatic hydroxyl groups is 1. The zero-order valence-electron chi connectivity index (χ0n) is 49.9. The van der Waals surface area contributed by atoms with Crippen LogP contribution < -0.4 is 21.4 Å². The Hall–Kier alpha value is -5.93. The first kappa shape index (κ1) is 65.9. The van der Waals surface area contributed by atoms with Crippen molar-refractivity contribution in [3.63, 3.8) is 0 Å². The van der Waals surface area contributed by atoms with Crippen molar-refractivity contribution in [3.05, 3.63) is 89.3 Å². The number of ketones is 1. The number of terminal acetylenes is 1. The summed E-state index contributed by atoms with van der Waals surface area (Å²) in [5, 5.41) is 42.7. The molecule has 15 atom stereocenters. The molecule has 2 saturated heterocycles. The third-order valence-corrected chi connectivity index (χ3v) is 17.8. The number of hydrogen-bond donors (Lipinski definition) is 7. The summed E-state index contributed by atoms with van der Waals surface area (Å²) in [6.45, 7) is 27.5. The van der Waals surface area contributed by atoms with Crippen LogP contribution in [0.15, 0.2) is 78.0 Å². The van der Waals surface area contributed by atoms with E-state index >= 15 is 0 Å². The number of phenolic OH excluding ortho intramolecular Hbond substituents is 1. The molecule has 4 aliphatic rings. The van der Waals surface area contributed by atoms with E-state index in [4.69, 9.17) is 15.9 Å². The highest BCUT2D eigenvalue weighted by atomic mass is 19.1. The number of halogens is 1. The Morgan fingerprint density at radius 2 is 1.79 bits per heavy atom. The molecule has 3 heterocycles. The molecule has 4 amide bonds. The molecule has 16 nitrogen and oxygen atoms in total. The third-order valence-electron chi connectivity index (χ3n) is 17.8. The van der Waals surface area contributed by atoms with Gasteiger partial charge in [0.15, 0.2) is 17.3 Å². The zero-order chi connectivity index (χ0) is 60.3. The molecule has 8 N–H and O–H groups in total. The van der Waals surface area contributed by atoms with E-state index in [2.05, 4.69) is 73.7 Å². The highest BCUT2D eigenvalue weighted by Crippen LogP contribution is 2.54. The standard InChI is InChI=1S/C64H92FN5O11/c1-15-18-26-51(72)45(13)56(74)47(29-27-44(12)71)57(75)66-55(37(4)5)58(76)67-63(36-48(63)46-28-30-49(65)52(73)34-46)61(79)70-31-22-25-50(69-70)59(77)80-53(16-2)39(7)24-21-19-20-23-38(6)40(8)33-54-41(9)32-42(10)64(81-54)43(11)35-62(14,17-3)60(78)68-64/h1,18-19,21,24,26,28,30,32,34,37-38,40,43,45,47-48,50-51,53-56,69,72-74H,9,16-17,20,22-23,25,27,29,31,33,35-36H2,2-8,10-14H3,(H,66,75)(H,67,76)(H,68,78)/p+1/b21-19+,26-18+,39-24+/t38-,40?,43-,45-,47+,48-,50?,51-,53-,54-,55?,56+,62?,63?,64-/m0/s1. The van der Waals surface area contributed by atoms with E-state index < -0.39 is 106 Å². The summed E-state index contributed by atoms with van der Waals surface area (Å²) < 4.78 is 27.3. The van der Waals surface area contributed by atoms with Crippen molar-refractivity contribution in [2.24, 2.45) is 40.9 Å². The Kier molecular flexibility index (Phi) is 23.1. The number of ether oxygens (including phenoxy) is 2. The Morgan fingerprint density at radius 1 is 1.09 bits per heavy atom. The molecule has 0 bridgehead atoms. The topological polar surface area (TPSA) is 237 Å². The molecule has 1 aliphatic carbocycles. The normalized spacial score (nSPS) is 28.0. The SMILES string of the molecule is C#C/C=C/[C@H](O)[C@H](C)[C@@H](O)[C@@H](CCC(C)=[OH+])C(=O)NC(C(=O)NC1(C(=O)N2CCCC(C(=O)O[C@@H](CC)/C(C)=C/C=C/CC[C@H](C)C(C)C[C@@H]3O[C@@]4(NC(=O)C(C)(CC)C[C@@H]4C)C(C)=CC3=C)N2)C[C@H]1c1ccc(F)c(O)c1)C(C)C. The van der Waals surface area contributed by atoms with Gasteiger partial charge in [-0.05, 0) is 142 Å². The summed E-state index contributed by atoms with van der Waals surface area (Å²) in [6.07, 6.45) is 18.0. The number of piperidine rings is 1. The van der Waals surface area contributed by atoms with Gasteiger partial charge in [0.1, 0.15) is 23.7 Å². The molecule has 5 unspecified atom stereocenters. The van der Waals surface area contributed by atoms with E-state index in [0.29, 0.717) is 36.7 Å². The van der Waals surface area contributed by atoms with Crippen LogP contribution >= 0.6 is 0 Å². The van der Waals surface area contributed by atoms with Gasteiger partial charge in [-0.1, -0.05) is 105 Å². The number of nitrogens with one attached hydrogen (secondary N) is 4. The molecule has 446 valence electrons. The van der Waals surface area contributed by atoms with Crippen molar-refractivity contribution in [1.82, 2.24) is 26.4 Å². The first-order chi connectivity index (χ1) is 38.1. The number of aliphatic hydroxyl groups is 2. The summed E-state index contributed by atoms with van der Waals surface area (Å²) in [5.41, 5.74) is 3.25. The lowest BCUT2D eigenvalue weighted by atomic mass is 9.69. The average Bonchev–Trinajstić information content (AvgIpc) is 4.31. The van der Waals surface area contributed by atoms with Gasteiger partial charge in [0.2, 0.25) is 17.7 Å². The Bertz CT molecular complexity index is 2640. The number of benzene rings is 1. The van der Waals surface area contributed by atoms with Crippen LogP contribution in [0.2, 0.25) is 0 Å². The zero-order valence-corrected chi connectivity index (χ0v) is 49.9. The summed E-state index contributed by atoms with van der Waals surface area (Å²) in [5.74, 6) is -4.38. The van der Waals surface area contributed by atoms with Crippen LogP contribution in [0.5, 0.6) is 5.75 Å². The van der Waals surface area contributed by atoms with Gasteiger partial charge in [0.05, 0.1) is 30.7 Å². The van der Waals surface area contributed by atoms with Crippen LogP contribution in [-0.4, -0.2) is 115 Å². The predicted octanol–water partition coefficient (Wildman–Crippen LogP) is 8.46. The lowest BCUT2D eigenvalue weighted by molar-refractivity contribution is -0.172. The highest BCUT2D eigenvalue weighted by Gasteiger charge is 2.64. The second-order valence-corrected chi connectivity index (χ2v) is 24.3. The second kappa shape index (κ2) is 28.4. The first-order valence-electron chi connectivity index (χ1n) is 29.2. The summed E-state index contributed by atoms with van der Waals surface area (Å²) in [4.78, 5) is 80.8. The van der Waals surface area contributed by atoms with E-state index in [1.165, 1.54) is 36.2 Å². The number of carbonyl (C=O) groups excluding carboxylic acids is 6. The Morgan fingerprint density at radius 3 is 2.42 bits per heavy atom. The van der Waals surface area contributed by atoms with E-state index in [9.17, 15) is 48.5 Å². The maximum absolute atomic E-state index is 14.9. The molecule has 1 saturated carbocycles. The number of phenols is 1. The number of esters is 1. The molecule has 1 aromatic rings. The molecule has 1 spiro atoms. The van der Waals surface area contributed by atoms with Gasteiger partial charge in [-0.3, -0.25) is 33.8 Å². The van der Waals surface area contributed by atoms with Crippen LogP contribution in [0.3, 0.4) is 0 Å². The minimum absolute atomic E-state index is 0.0142. The molecule has 5 rings (SSSR count). The molecule has 81 heavy (non-hydrogen) atoms. The van der Waals surface area contributed by atoms with Gasteiger partial charge in [0.25, 0.3) is 11.7 Å². The maximum atomic E-state index is 14.9. The van der Waals surface area contributed by atoms with E-state index in [1.54, 1.807) is 20.8 Å². The van der Waals surface area contributed by atoms with E-state index in [0.717, 1.165) is 54.9 Å². The summed E-state index contributed by atoms with van der Waals surface area (Å²) in [6, 6.07) is 1.53. The maximum Gasteiger partial charge on any atom is 0.325 e. The van der Waals surface area contributed by atoms with Crippen molar-refractivity contribution >= 4 is 35.4 Å². The molecular formula is C64H93FN5O11+. The van der Waals surface area contributed by atoms with Gasteiger partial charge in [-0.15, -0.1) is 6.42 Å². The third kappa shape index (κ3) is 15.8. The fraction of sp³-hybridized carbons (Fsp3) is 0.625. The molecule has 0 aromatic heterocycles. The lowest BCUT2D eigenvalue weighted by Gasteiger charge is -2.52. The number of allylic oxidation sites excluding steroid dienone is 4.